The normalized spacial score (nSPS) is 11.5. The van der Waals surface area contributed by atoms with Gasteiger partial charge in [0.15, 0.2) is 6.61 Å². The van der Waals surface area contributed by atoms with Crippen molar-refractivity contribution in [2.75, 3.05) is 11.9 Å². The number of aryl methyl sites for hydroxylation is 2. The second-order valence-electron chi connectivity index (χ2n) is 5.97. The summed E-state index contributed by atoms with van der Waals surface area (Å²) in [6.07, 6.45) is 0. The molecule has 0 aliphatic heterocycles. The Kier molecular flexibility index (Phi) is 6.95. The summed E-state index contributed by atoms with van der Waals surface area (Å²) >= 11 is 1.20. The standard InChI is InChI=1S/C19H20N2O5S/c1-12-4-5-15(10-13(12)2)20-18(22)11-26-19(23)14(3)27-17-8-6-16(7-9-17)21(24)25/h4-10,14H,11H2,1-3H3,(H,20,22)/t14-/m0/s1. The Labute approximate surface area is 161 Å². The lowest BCUT2D eigenvalue weighted by atomic mass is 10.1. The van der Waals surface area contributed by atoms with Gasteiger partial charge in [-0.25, -0.2) is 0 Å². The van der Waals surface area contributed by atoms with E-state index in [1.54, 1.807) is 25.1 Å². The van der Waals surface area contributed by atoms with Crippen LogP contribution in [0.1, 0.15) is 18.1 Å². The number of non-ortho nitro benzene ring substituents is 1. The van der Waals surface area contributed by atoms with Gasteiger partial charge in [0.25, 0.3) is 11.6 Å². The first-order chi connectivity index (χ1) is 12.8. The van der Waals surface area contributed by atoms with Crippen LogP contribution in [0.15, 0.2) is 47.4 Å². The number of rotatable bonds is 7. The number of esters is 1. The molecule has 0 radical (unpaired) electrons. The van der Waals surface area contributed by atoms with Crippen molar-refractivity contribution < 1.29 is 19.2 Å². The Morgan fingerprint density at radius 3 is 2.41 bits per heavy atom. The molecule has 27 heavy (non-hydrogen) atoms. The van der Waals surface area contributed by atoms with E-state index in [0.717, 1.165) is 11.1 Å². The zero-order valence-corrected chi connectivity index (χ0v) is 16.0. The Balaban J connectivity index is 1.82. The number of hydrogen-bond donors (Lipinski definition) is 1. The van der Waals surface area contributed by atoms with E-state index < -0.39 is 22.0 Å². The van der Waals surface area contributed by atoms with E-state index in [1.165, 1.54) is 23.9 Å². The fourth-order valence-electron chi connectivity index (χ4n) is 2.17. The minimum atomic E-state index is -0.555. The molecule has 8 heteroatoms. The number of carbonyl (C=O) groups excluding carboxylic acids is 2. The molecule has 7 nitrogen and oxygen atoms in total. The van der Waals surface area contributed by atoms with Gasteiger partial charge in [-0.1, -0.05) is 6.07 Å². The maximum atomic E-state index is 12.0. The van der Waals surface area contributed by atoms with Gasteiger partial charge in [0.05, 0.1) is 4.92 Å². The molecule has 0 aliphatic carbocycles. The van der Waals surface area contributed by atoms with Crippen molar-refractivity contribution in [3.8, 4) is 0 Å². The molecule has 0 bridgehead atoms. The summed E-state index contributed by atoms with van der Waals surface area (Å²) < 4.78 is 5.05. The number of anilines is 1. The molecule has 2 rings (SSSR count). The van der Waals surface area contributed by atoms with Crippen LogP contribution in [0.4, 0.5) is 11.4 Å². The molecule has 2 aromatic carbocycles. The van der Waals surface area contributed by atoms with E-state index in [9.17, 15) is 19.7 Å². The van der Waals surface area contributed by atoms with Gasteiger partial charge in [-0.3, -0.25) is 19.7 Å². The fourth-order valence-corrected chi connectivity index (χ4v) is 3.03. The second-order valence-corrected chi connectivity index (χ2v) is 7.38. The van der Waals surface area contributed by atoms with Crippen LogP contribution in [0.2, 0.25) is 0 Å². The number of amides is 1. The highest BCUT2D eigenvalue weighted by molar-refractivity contribution is 8.00. The molecular formula is C19H20N2O5S. The highest BCUT2D eigenvalue weighted by Crippen LogP contribution is 2.26. The summed E-state index contributed by atoms with van der Waals surface area (Å²) in [4.78, 5) is 34.8. The number of nitro benzene ring substituents is 1. The molecule has 1 amide bonds. The number of ether oxygens (including phenoxy) is 1. The summed E-state index contributed by atoms with van der Waals surface area (Å²) in [5, 5.41) is 12.8. The van der Waals surface area contributed by atoms with Gasteiger partial charge in [0.2, 0.25) is 0 Å². The van der Waals surface area contributed by atoms with E-state index in [0.29, 0.717) is 10.6 Å². The Bertz CT molecular complexity index is 852. The van der Waals surface area contributed by atoms with Crippen molar-refractivity contribution in [3.63, 3.8) is 0 Å². The summed E-state index contributed by atoms with van der Waals surface area (Å²) in [5.41, 5.74) is 2.81. The lowest BCUT2D eigenvalue weighted by Crippen LogP contribution is -2.24. The van der Waals surface area contributed by atoms with Crippen LogP contribution < -0.4 is 5.32 Å². The number of nitrogens with one attached hydrogen (secondary N) is 1. The SMILES string of the molecule is Cc1ccc(NC(=O)COC(=O)[C@H](C)Sc2ccc([N+](=O)[O-])cc2)cc1C. The highest BCUT2D eigenvalue weighted by atomic mass is 32.2. The summed E-state index contributed by atoms with van der Waals surface area (Å²) in [7, 11) is 0. The number of benzene rings is 2. The lowest BCUT2D eigenvalue weighted by molar-refractivity contribution is -0.384. The molecule has 0 saturated heterocycles. The van der Waals surface area contributed by atoms with Crippen molar-refractivity contribution in [2.24, 2.45) is 0 Å². The third-order valence-corrected chi connectivity index (χ3v) is 4.92. The average molecular weight is 388 g/mol. The third-order valence-electron chi connectivity index (χ3n) is 3.83. The smallest absolute Gasteiger partial charge is 0.319 e. The fraction of sp³-hybridized carbons (Fsp3) is 0.263. The summed E-state index contributed by atoms with van der Waals surface area (Å²) in [6, 6.07) is 11.4. The maximum absolute atomic E-state index is 12.0. The molecule has 0 aliphatic rings. The molecule has 0 heterocycles. The van der Waals surface area contributed by atoms with E-state index in [4.69, 9.17) is 4.74 Å². The van der Waals surface area contributed by atoms with E-state index in [-0.39, 0.29) is 12.3 Å². The van der Waals surface area contributed by atoms with Crippen LogP contribution in [-0.2, 0) is 14.3 Å². The van der Waals surface area contributed by atoms with Crippen LogP contribution in [0.3, 0.4) is 0 Å². The summed E-state index contributed by atoms with van der Waals surface area (Å²) in [6.45, 7) is 5.20. The topological polar surface area (TPSA) is 98.5 Å². The third kappa shape index (κ3) is 6.10. The van der Waals surface area contributed by atoms with Crippen LogP contribution in [0.5, 0.6) is 0 Å². The molecule has 0 spiro atoms. The number of nitrogens with zero attached hydrogens (tertiary/aromatic N) is 1. The molecule has 2 aromatic rings. The van der Waals surface area contributed by atoms with E-state index >= 15 is 0 Å². The molecule has 1 atom stereocenters. The Morgan fingerprint density at radius 2 is 1.81 bits per heavy atom. The molecule has 142 valence electrons. The van der Waals surface area contributed by atoms with Crippen molar-refractivity contribution in [1.82, 2.24) is 0 Å². The predicted octanol–water partition coefficient (Wildman–Crippen LogP) is 3.87. The first kappa shape index (κ1) is 20.4. The monoisotopic (exact) mass is 388 g/mol. The van der Waals surface area contributed by atoms with Crippen LogP contribution in [0.25, 0.3) is 0 Å². The number of carbonyl (C=O) groups is 2. The average Bonchev–Trinajstić information content (AvgIpc) is 2.63. The Morgan fingerprint density at radius 1 is 1.15 bits per heavy atom. The molecule has 0 unspecified atom stereocenters. The Hall–Kier alpha value is -2.87. The van der Waals surface area contributed by atoms with Gasteiger partial charge in [-0.05, 0) is 56.2 Å². The highest BCUT2D eigenvalue weighted by Gasteiger charge is 2.18. The number of hydrogen-bond acceptors (Lipinski definition) is 6. The summed E-state index contributed by atoms with van der Waals surface area (Å²) in [5.74, 6) is -0.951. The van der Waals surface area contributed by atoms with Gasteiger partial charge in [0.1, 0.15) is 5.25 Å². The minimum Gasteiger partial charge on any atom is -0.455 e. The van der Waals surface area contributed by atoms with Crippen molar-refractivity contribution in [3.05, 3.63) is 63.7 Å². The molecule has 1 N–H and O–H groups in total. The zero-order chi connectivity index (χ0) is 20.0. The van der Waals surface area contributed by atoms with Crippen LogP contribution in [-0.4, -0.2) is 28.7 Å². The predicted molar refractivity (Wildman–Crippen MR) is 104 cm³/mol. The maximum Gasteiger partial charge on any atom is 0.319 e. The van der Waals surface area contributed by atoms with Gasteiger partial charge >= 0.3 is 5.97 Å². The van der Waals surface area contributed by atoms with Crippen molar-refractivity contribution >= 4 is 35.0 Å². The van der Waals surface area contributed by atoms with E-state index in [2.05, 4.69) is 5.32 Å². The van der Waals surface area contributed by atoms with Gasteiger partial charge < -0.3 is 10.1 Å². The lowest BCUT2D eigenvalue weighted by Gasteiger charge is -2.12. The molecule has 0 fully saturated rings. The molecular weight excluding hydrogens is 368 g/mol. The van der Waals surface area contributed by atoms with Crippen LogP contribution in [0, 0.1) is 24.0 Å². The van der Waals surface area contributed by atoms with Crippen molar-refractivity contribution in [2.45, 2.75) is 30.9 Å². The van der Waals surface area contributed by atoms with Gasteiger partial charge in [0, 0.05) is 22.7 Å². The first-order valence-electron chi connectivity index (χ1n) is 8.21. The quantitative estimate of drug-likeness (QED) is 0.335. The second kappa shape index (κ2) is 9.18. The molecule has 0 saturated carbocycles. The minimum absolute atomic E-state index is 0.0161. The zero-order valence-electron chi connectivity index (χ0n) is 15.2. The van der Waals surface area contributed by atoms with E-state index in [1.807, 2.05) is 26.0 Å². The van der Waals surface area contributed by atoms with Gasteiger partial charge in [-0.2, -0.15) is 0 Å². The number of nitro groups is 1. The number of thioether (sulfide) groups is 1. The van der Waals surface area contributed by atoms with Gasteiger partial charge in [-0.15, -0.1) is 11.8 Å². The van der Waals surface area contributed by atoms with Crippen LogP contribution >= 0.6 is 11.8 Å². The largest absolute Gasteiger partial charge is 0.455 e. The molecule has 0 aromatic heterocycles. The first-order valence-corrected chi connectivity index (χ1v) is 9.09. The van der Waals surface area contributed by atoms with Crippen molar-refractivity contribution in [1.29, 1.82) is 0 Å².